The largest absolute Gasteiger partial charge is 0.497 e. The van der Waals surface area contributed by atoms with Crippen molar-refractivity contribution < 1.29 is 17.6 Å². The number of nitriles is 1. The third kappa shape index (κ3) is 5.02. The lowest BCUT2D eigenvalue weighted by atomic mass is 10.0. The molecular weight excluding hydrogens is 440 g/mol. The van der Waals surface area contributed by atoms with E-state index < -0.39 is 10.0 Å². The Bertz CT molecular complexity index is 1250. The van der Waals surface area contributed by atoms with E-state index in [1.54, 1.807) is 35.7 Å². The van der Waals surface area contributed by atoms with Crippen molar-refractivity contribution in [1.82, 2.24) is 9.29 Å². The van der Waals surface area contributed by atoms with Gasteiger partial charge in [-0.1, -0.05) is 19.1 Å². The third-order valence-electron chi connectivity index (χ3n) is 5.70. The van der Waals surface area contributed by atoms with E-state index in [2.05, 4.69) is 17.2 Å². The van der Waals surface area contributed by atoms with Crippen molar-refractivity contribution in [1.29, 1.82) is 5.26 Å². The van der Waals surface area contributed by atoms with Crippen molar-refractivity contribution in [2.75, 3.05) is 25.5 Å². The van der Waals surface area contributed by atoms with Gasteiger partial charge in [-0.25, -0.2) is 8.42 Å². The molecule has 1 fully saturated rings. The summed E-state index contributed by atoms with van der Waals surface area (Å²) in [6.07, 6.45) is 1.92. The number of aromatic nitrogens is 1. The van der Waals surface area contributed by atoms with E-state index in [1.807, 2.05) is 30.3 Å². The highest BCUT2D eigenvalue weighted by molar-refractivity contribution is 7.89. The summed E-state index contributed by atoms with van der Waals surface area (Å²) in [6.45, 7) is 3.60. The first kappa shape index (κ1) is 22.8. The number of piperidine rings is 1. The predicted molar refractivity (Wildman–Crippen MR) is 124 cm³/mol. The minimum atomic E-state index is -3.54. The molecule has 8 nitrogen and oxygen atoms in total. The summed E-state index contributed by atoms with van der Waals surface area (Å²) in [6, 6.07) is 16.0. The smallest absolute Gasteiger partial charge is 0.243 e. The molecule has 0 aliphatic carbocycles. The number of hydrogen-bond acceptors (Lipinski definition) is 7. The fraction of sp³-hybridized carbons (Fsp3) is 0.333. The van der Waals surface area contributed by atoms with Gasteiger partial charge in [0.05, 0.1) is 12.0 Å². The summed E-state index contributed by atoms with van der Waals surface area (Å²) in [4.78, 5) is 4.50. The van der Waals surface area contributed by atoms with Crippen LogP contribution in [-0.2, 0) is 16.6 Å². The monoisotopic (exact) mass is 466 g/mol. The van der Waals surface area contributed by atoms with Gasteiger partial charge in [0.2, 0.25) is 27.5 Å². The maximum atomic E-state index is 13.0. The van der Waals surface area contributed by atoms with Gasteiger partial charge in [-0.3, -0.25) is 0 Å². The van der Waals surface area contributed by atoms with Crippen LogP contribution in [0.25, 0.3) is 11.5 Å². The van der Waals surface area contributed by atoms with Crippen LogP contribution in [0.4, 0.5) is 5.88 Å². The Morgan fingerprint density at radius 1 is 1.21 bits per heavy atom. The lowest BCUT2D eigenvalue weighted by molar-refractivity contribution is 0.281. The Morgan fingerprint density at radius 2 is 1.94 bits per heavy atom. The number of benzene rings is 2. The fourth-order valence-electron chi connectivity index (χ4n) is 3.85. The molecule has 172 valence electrons. The Morgan fingerprint density at radius 3 is 2.58 bits per heavy atom. The molecule has 2 aromatic carbocycles. The van der Waals surface area contributed by atoms with Crippen molar-refractivity contribution in [3.8, 4) is 23.3 Å². The van der Waals surface area contributed by atoms with Crippen molar-refractivity contribution in [2.24, 2.45) is 5.92 Å². The van der Waals surface area contributed by atoms with Gasteiger partial charge in [0.1, 0.15) is 11.8 Å². The summed E-state index contributed by atoms with van der Waals surface area (Å²) in [7, 11) is -1.93. The van der Waals surface area contributed by atoms with Crippen LogP contribution in [0, 0.1) is 17.2 Å². The van der Waals surface area contributed by atoms with Crippen molar-refractivity contribution in [3.63, 3.8) is 0 Å². The third-order valence-corrected chi connectivity index (χ3v) is 7.58. The van der Waals surface area contributed by atoms with Crippen LogP contribution in [0.2, 0.25) is 0 Å². The van der Waals surface area contributed by atoms with Gasteiger partial charge in [-0.05, 0) is 60.7 Å². The highest BCUT2D eigenvalue weighted by atomic mass is 32.2. The SMILES string of the molecule is COc1ccc(CNc2oc(-c3ccc(S(=O)(=O)N4CCC[C@H](C)C4)cc3)nc2C#N)cc1. The molecule has 4 rings (SSSR count). The lowest BCUT2D eigenvalue weighted by Gasteiger charge is -2.30. The van der Waals surface area contributed by atoms with E-state index >= 15 is 0 Å². The summed E-state index contributed by atoms with van der Waals surface area (Å²) in [5, 5.41) is 12.5. The lowest BCUT2D eigenvalue weighted by Crippen LogP contribution is -2.39. The van der Waals surface area contributed by atoms with Crippen LogP contribution in [0.15, 0.2) is 57.8 Å². The molecule has 0 radical (unpaired) electrons. The topological polar surface area (TPSA) is 108 Å². The normalized spacial score (nSPS) is 16.8. The number of sulfonamides is 1. The molecule has 0 amide bonds. The molecule has 2 heterocycles. The minimum absolute atomic E-state index is 0.137. The molecular formula is C24H26N4O4S. The van der Waals surface area contributed by atoms with Gasteiger partial charge in [0.15, 0.2) is 0 Å². The number of hydrogen-bond donors (Lipinski definition) is 1. The van der Waals surface area contributed by atoms with Crippen LogP contribution in [0.3, 0.4) is 0 Å². The number of nitrogens with one attached hydrogen (secondary N) is 1. The van der Waals surface area contributed by atoms with Crippen molar-refractivity contribution in [2.45, 2.75) is 31.2 Å². The molecule has 1 aromatic heterocycles. The van der Waals surface area contributed by atoms with Gasteiger partial charge in [0, 0.05) is 25.2 Å². The zero-order valence-electron chi connectivity index (χ0n) is 18.6. The van der Waals surface area contributed by atoms with Gasteiger partial charge in [-0.2, -0.15) is 14.6 Å². The molecule has 1 aliphatic rings. The Kier molecular flexibility index (Phi) is 6.67. The molecule has 33 heavy (non-hydrogen) atoms. The highest BCUT2D eigenvalue weighted by Crippen LogP contribution is 2.28. The van der Waals surface area contributed by atoms with E-state index in [4.69, 9.17) is 9.15 Å². The van der Waals surface area contributed by atoms with Gasteiger partial charge in [0.25, 0.3) is 0 Å². The van der Waals surface area contributed by atoms with E-state index in [1.165, 1.54) is 0 Å². The molecule has 1 saturated heterocycles. The Labute approximate surface area is 193 Å². The van der Waals surface area contributed by atoms with E-state index in [-0.39, 0.29) is 22.4 Å². The highest BCUT2D eigenvalue weighted by Gasteiger charge is 2.28. The first-order valence-corrected chi connectivity index (χ1v) is 12.2. The molecule has 0 spiro atoms. The van der Waals surface area contributed by atoms with Crippen molar-refractivity contribution in [3.05, 3.63) is 59.8 Å². The first-order valence-electron chi connectivity index (χ1n) is 10.8. The second-order valence-electron chi connectivity index (χ2n) is 8.15. The average Bonchev–Trinajstić information content (AvgIpc) is 3.26. The molecule has 9 heteroatoms. The van der Waals surface area contributed by atoms with Crippen LogP contribution in [0.5, 0.6) is 5.75 Å². The fourth-order valence-corrected chi connectivity index (χ4v) is 5.45. The van der Waals surface area contributed by atoms with E-state index in [0.29, 0.717) is 31.1 Å². The Balaban J connectivity index is 1.50. The Hall–Kier alpha value is -3.35. The number of ether oxygens (including phenoxy) is 1. The first-order chi connectivity index (χ1) is 15.9. The van der Waals surface area contributed by atoms with Crippen LogP contribution in [0.1, 0.15) is 31.0 Å². The molecule has 1 N–H and O–H groups in total. The second kappa shape index (κ2) is 9.65. The van der Waals surface area contributed by atoms with Gasteiger partial charge in [-0.15, -0.1) is 0 Å². The van der Waals surface area contributed by atoms with Crippen LogP contribution in [-0.4, -0.2) is 37.9 Å². The molecule has 1 aliphatic heterocycles. The summed E-state index contributed by atoms with van der Waals surface area (Å²) < 4.78 is 38.4. The second-order valence-corrected chi connectivity index (χ2v) is 10.1. The van der Waals surface area contributed by atoms with Gasteiger partial charge < -0.3 is 14.5 Å². The number of anilines is 1. The predicted octanol–water partition coefficient (Wildman–Crippen LogP) is 4.25. The summed E-state index contributed by atoms with van der Waals surface area (Å²) in [5.74, 6) is 1.63. The van der Waals surface area contributed by atoms with Crippen LogP contribution < -0.4 is 10.1 Å². The minimum Gasteiger partial charge on any atom is -0.497 e. The zero-order chi connectivity index (χ0) is 23.4. The summed E-state index contributed by atoms with van der Waals surface area (Å²) in [5.41, 5.74) is 1.71. The van der Waals surface area contributed by atoms with Gasteiger partial charge >= 0.3 is 0 Å². The maximum Gasteiger partial charge on any atom is 0.243 e. The molecule has 3 aromatic rings. The maximum absolute atomic E-state index is 13.0. The number of nitrogens with zero attached hydrogens (tertiary/aromatic N) is 3. The average molecular weight is 467 g/mol. The zero-order valence-corrected chi connectivity index (χ0v) is 19.4. The number of rotatable bonds is 7. The van der Waals surface area contributed by atoms with E-state index in [9.17, 15) is 13.7 Å². The molecule has 0 saturated carbocycles. The van der Waals surface area contributed by atoms with Crippen molar-refractivity contribution >= 4 is 15.9 Å². The molecule has 0 unspecified atom stereocenters. The number of oxazole rings is 1. The van der Waals surface area contributed by atoms with E-state index in [0.717, 1.165) is 24.2 Å². The quantitative estimate of drug-likeness (QED) is 0.554. The van der Waals surface area contributed by atoms with Crippen LogP contribution >= 0.6 is 0 Å². The standard InChI is InChI=1S/C24H26N4O4S/c1-17-4-3-13-28(16-17)33(29,30)21-11-7-19(8-12-21)23-27-22(14-25)24(32-23)26-15-18-5-9-20(31-2)10-6-18/h5-12,17,26H,3-4,13,15-16H2,1-2H3/t17-/m0/s1. The molecule has 1 atom stereocenters. The summed E-state index contributed by atoms with van der Waals surface area (Å²) >= 11 is 0. The number of methoxy groups -OCH3 is 1. The molecule has 0 bridgehead atoms.